The Balaban J connectivity index is 3.94. The molecule has 0 aromatic heterocycles. The molecule has 9 nitrogen and oxygen atoms in total. The minimum Gasteiger partial charge on any atom is -0.545 e. The van der Waals surface area contributed by atoms with Crippen LogP contribution in [0.4, 0.5) is 0 Å². The summed E-state index contributed by atoms with van der Waals surface area (Å²) in [5.74, 6) is -2.28. The highest BCUT2D eigenvalue weighted by Crippen LogP contribution is 2.18. The van der Waals surface area contributed by atoms with Crippen molar-refractivity contribution >= 4 is 17.9 Å². The molecule has 0 aliphatic carbocycles. The van der Waals surface area contributed by atoms with E-state index in [0.717, 1.165) is 64.2 Å². The molecule has 9 heteroatoms. The second-order valence-electron chi connectivity index (χ2n) is 25.2. The molecule has 0 saturated carbocycles. The maximum atomic E-state index is 12.9. The smallest absolute Gasteiger partial charge is 0.306 e. The van der Waals surface area contributed by atoms with Gasteiger partial charge in [-0.25, -0.2) is 0 Å². The van der Waals surface area contributed by atoms with Crippen LogP contribution in [-0.4, -0.2) is 82.3 Å². The van der Waals surface area contributed by atoms with Gasteiger partial charge in [-0.2, -0.15) is 0 Å². The second kappa shape index (κ2) is 65.0. The minimum atomic E-state index is -1.62. The number of nitrogens with zero attached hydrogens (tertiary/aromatic N) is 1. The van der Waals surface area contributed by atoms with Gasteiger partial charge in [-0.1, -0.05) is 299 Å². The molecule has 0 rings (SSSR count). The van der Waals surface area contributed by atoms with E-state index in [-0.39, 0.29) is 38.6 Å². The van der Waals surface area contributed by atoms with Crippen LogP contribution >= 0.6 is 0 Å². The largest absolute Gasteiger partial charge is 0.545 e. The molecule has 0 radical (unpaired) electrons. The highest BCUT2D eigenvalue weighted by molar-refractivity contribution is 5.70. The first-order valence-corrected chi connectivity index (χ1v) is 35.4. The van der Waals surface area contributed by atoms with Crippen LogP contribution in [0.1, 0.15) is 335 Å². The van der Waals surface area contributed by atoms with Gasteiger partial charge in [0, 0.05) is 12.8 Å². The maximum absolute atomic E-state index is 12.9. The predicted octanol–water partition coefficient (Wildman–Crippen LogP) is 20.6. The van der Waals surface area contributed by atoms with E-state index in [9.17, 15) is 19.5 Å². The second-order valence-corrected chi connectivity index (χ2v) is 25.2. The molecule has 0 spiro atoms. The first kappa shape index (κ1) is 80.0. The summed E-state index contributed by atoms with van der Waals surface area (Å²) in [7, 11) is 5.93. The van der Waals surface area contributed by atoms with Crippen molar-refractivity contribution < 1.29 is 42.9 Å². The van der Waals surface area contributed by atoms with Crippen molar-refractivity contribution in [2.45, 2.75) is 347 Å². The zero-order valence-corrected chi connectivity index (χ0v) is 55.3. The number of quaternary nitrogens is 1. The van der Waals surface area contributed by atoms with Crippen molar-refractivity contribution in [1.29, 1.82) is 0 Å². The molecule has 2 atom stereocenters. The fourth-order valence-corrected chi connectivity index (χ4v) is 10.3. The summed E-state index contributed by atoms with van der Waals surface area (Å²) in [6.07, 6.45) is 81.8. The number of carbonyl (C=O) groups excluding carboxylic acids is 3. The van der Waals surface area contributed by atoms with Gasteiger partial charge in [0.05, 0.1) is 40.3 Å². The summed E-state index contributed by atoms with van der Waals surface area (Å²) in [5, 5.41) is 11.8. The van der Waals surface area contributed by atoms with Crippen molar-refractivity contribution in [2.24, 2.45) is 0 Å². The number of hydrogen-bond acceptors (Lipinski definition) is 8. The van der Waals surface area contributed by atoms with E-state index in [0.29, 0.717) is 17.4 Å². The first-order valence-electron chi connectivity index (χ1n) is 35.4. The summed E-state index contributed by atoms with van der Waals surface area (Å²) in [6, 6.07) is 0. The lowest BCUT2D eigenvalue weighted by molar-refractivity contribution is -0.870. The van der Waals surface area contributed by atoms with Crippen LogP contribution in [0.5, 0.6) is 0 Å². The van der Waals surface area contributed by atoms with Gasteiger partial charge >= 0.3 is 11.9 Å². The van der Waals surface area contributed by atoms with Crippen molar-refractivity contribution in [3.8, 4) is 0 Å². The normalized spacial score (nSPS) is 13.0. The standard InChI is InChI=1S/C74H135NO8/c1-6-8-10-12-14-16-18-20-22-24-25-26-27-28-29-30-31-32-33-34-35-36-37-38-39-40-41-42-43-44-45-46-47-49-51-53-55-57-59-61-63-65-72(77)83-70(69-82-74(73(78)79)80-67-66-75(3,4)5)68-81-71(76)64-62-60-58-56-54-52-50-48-23-21-19-17-15-13-11-9-7-2/h15,17-18,20-21,23-25,27-28,70,74H,6-14,16,19,22,26,29-69H2,1-5H3/b17-15-,20-18-,23-21-,25-24-,28-27-. The Kier molecular flexibility index (Phi) is 62.6. The van der Waals surface area contributed by atoms with Gasteiger partial charge in [-0.3, -0.25) is 9.59 Å². The monoisotopic (exact) mass is 1170 g/mol. The molecule has 0 N–H and O–H groups in total. The topological polar surface area (TPSA) is 111 Å². The average Bonchev–Trinajstić information content (AvgIpc) is 3.47. The Hall–Kier alpha value is -3.01. The molecule has 0 saturated heterocycles. The van der Waals surface area contributed by atoms with E-state index >= 15 is 0 Å². The third kappa shape index (κ3) is 66.4. The summed E-state index contributed by atoms with van der Waals surface area (Å²) in [5.41, 5.74) is 0. The fourth-order valence-electron chi connectivity index (χ4n) is 10.3. The summed E-state index contributed by atoms with van der Waals surface area (Å²) >= 11 is 0. The lowest BCUT2D eigenvalue weighted by Crippen LogP contribution is -2.44. The summed E-state index contributed by atoms with van der Waals surface area (Å²) in [4.78, 5) is 37.4. The molecule has 0 amide bonds. The van der Waals surface area contributed by atoms with Crippen LogP contribution in [0.3, 0.4) is 0 Å². The van der Waals surface area contributed by atoms with Gasteiger partial charge in [-0.05, 0) is 83.5 Å². The van der Waals surface area contributed by atoms with Crippen LogP contribution in [0.2, 0.25) is 0 Å². The van der Waals surface area contributed by atoms with Gasteiger partial charge in [0.1, 0.15) is 13.2 Å². The van der Waals surface area contributed by atoms with Crippen LogP contribution in [0, 0.1) is 0 Å². The van der Waals surface area contributed by atoms with E-state index < -0.39 is 24.3 Å². The zero-order valence-electron chi connectivity index (χ0n) is 55.3. The number of hydrogen-bond donors (Lipinski definition) is 0. The van der Waals surface area contributed by atoms with Crippen LogP contribution in [-0.2, 0) is 33.3 Å². The number of ether oxygens (including phenoxy) is 4. The van der Waals surface area contributed by atoms with Gasteiger partial charge in [0.25, 0.3) is 0 Å². The van der Waals surface area contributed by atoms with Gasteiger partial charge in [0.2, 0.25) is 0 Å². The number of carbonyl (C=O) groups is 3. The third-order valence-corrected chi connectivity index (χ3v) is 15.7. The molecule has 0 aromatic rings. The molecule has 0 fully saturated rings. The van der Waals surface area contributed by atoms with Crippen molar-refractivity contribution in [3.63, 3.8) is 0 Å². The number of carboxylic acid groups (broad SMARTS) is 1. The maximum Gasteiger partial charge on any atom is 0.306 e. The van der Waals surface area contributed by atoms with Crippen molar-refractivity contribution in [2.75, 3.05) is 47.5 Å². The summed E-state index contributed by atoms with van der Waals surface area (Å²) < 4.78 is 22.8. The van der Waals surface area contributed by atoms with Crippen molar-refractivity contribution in [1.82, 2.24) is 0 Å². The number of likely N-dealkylation sites (N-methyl/N-ethyl adjacent to an activating group) is 1. The van der Waals surface area contributed by atoms with E-state index in [1.165, 1.54) is 238 Å². The number of esters is 2. The predicted molar refractivity (Wildman–Crippen MR) is 352 cm³/mol. The van der Waals surface area contributed by atoms with Crippen LogP contribution in [0.15, 0.2) is 60.8 Å². The Morgan fingerprint density at radius 1 is 0.361 bits per heavy atom. The lowest BCUT2D eigenvalue weighted by atomic mass is 10.0. The third-order valence-electron chi connectivity index (χ3n) is 15.7. The Morgan fingerprint density at radius 3 is 0.988 bits per heavy atom. The highest BCUT2D eigenvalue weighted by atomic mass is 16.7. The molecule has 2 unspecified atom stereocenters. The molecule has 83 heavy (non-hydrogen) atoms. The van der Waals surface area contributed by atoms with Crippen LogP contribution < -0.4 is 5.11 Å². The Bertz CT molecular complexity index is 1550. The summed E-state index contributed by atoms with van der Waals surface area (Å²) in [6.45, 7) is 4.74. The van der Waals surface area contributed by atoms with Gasteiger partial charge in [-0.15, -0.1) is 0 Å². The van der Waals surface area contributed by atoms with E-state index in [1.54, 1.807) is 0 Å². The molecule has 0 bridgehead atoms. The van der Waals surface area contributed by atoms with Gasteiger partial charge < -0.3 is 33.3 Å². The zero-order chi connectivity index (χ0) is 60.5. The van der Waals surface area contributed by atoms with E-state index in [4.69, 9.17) is 18.9 Å². The lowest BCUT2D eigenvalue weighted by Gasteiger charge is -2.26. The number of unbranched alkanes of at least 4 members (excludes halogenated alkanes) is 41. The SMILES string of the molecule is CCCCC/C=C\C/C=C\CCCCCCCCCC(=O)OCC(COC(OCC[N+](C)(C)C)C(=O)[O-])OC(=O)CCCCCCCCCCCCCCCCCCCCCCCCCCCC/C=C\C/C=C\C/C=C\CCCCCCC. The number of aliphatic carboxylic acids is 1. The molecule has 484 valence electrons. The average molecular weight is 1170 g/mol. The number of rotatable bonds is 66. The quantitative estimate of drug-likeness (QED) is 0.0195. The van der Waals surface area contributed by atoms with Crippen LogP contribution in [0.25, 0.3) is 0 Å². The molecule has 0 heterocycles. The molecule has 0 aliphatic rings. The van der Waals surface area contributed by atoms with Crippen molar-refractivity contribution in [3.05, 3.63) is 60.8 Å². The minimum absolute atomic E-state index is 0.147. The fraction of sp³-hybridized carbons (Fsp3) is 0.824. The first-order chi connectivity index (χ1) is 40.6. The van der Waals surface area contributed by atoms with Gasteiger partial charge in [0.15, 0.2) is 12.4 Å². The molecule has 0 aliphatic heterocycles. The molecule has 0 aromatic carbocycles. The highest BCUT2D eigenvalue weighted by Gasteiger charge is 2.22. The van der Waals surface area contributed by atoms with E-state index in [1.807, 2.05) is 21.1 Å². The van der Waals surface area contributed by atoms with E-state index in [2.05, 4.69) is 74.6 Å². The number of carboxylic acids is 1. The molecular formula is C74H135NO8. The Morgan fingerprint density at radius 2 is 0.651 bits per heavy atom. The molecular weight excluding hydrogens is 1030 g/mol. The number of allylic oxidation sites excluding steroid dienone is 10. The Labute approximate surface area is 514 Å².